The largest absolute Gasteiger partial charge is 0.462 e. The molecule has 0 unspecified atom stereocenters. The van der Waals surface area contributed by atoms with Crippen LogP contribution in [0.1, 0.15) is 0 Å². The molecule has 0 aliphatic carbocycles. The van der Waals surface area contributed by atoms with Crippen molar-refractivity contribution >= 4 is 11.6 Å². The molecule has 1 heterocycles. The Morgan fingerprint density at radius 1 is 1.16 bits per heavy atom. The Labute approximate surface area is 114 Å². The van der Waals surface area contributed by atoms with Gasteiger partial charge in [0.15, 0.2) is 0 Å². The predicted molar refractivity (Wildman–Crippen MR) is 65.8 cm³/mol. The van der Waals surface area contributed by atoms with Gasteiger partial charge in [0.2, 0.25) is 6.29 Å². The van der Waals surface area contributed by atoms with Gasteiger partial charge in [-0.05, 0) is 18.2 Å². The third kappa shape index (κ3) is 3.17. The first kappa shape index (κ1) is 14.5. The maximum Gasteiger partial charge on any atom is 0.229 e. The van der Waals surface area contributed by atoms with Gasteiger partial charge in [-0.1, -0.05) is 17.7 Å². The molecule has 0 saturated carbocycles. The highest BCUT2D eigenvalue weighted by molar-refractivity contribution is 6.30. The van der Waals surface area contributed by atoms with Crippen LogP contribution in [0.2, 0.25) is 5.02 Å². The minimum atomic E-state index is -1.46. The SMILES string of the molecule is OC[C@@H]1O[C@H](Oc2cccc(Cl)c2)[C@H](O)[C@H](O)[C@@H]1O. The van der Waals surface area contributed by atoms with Gasteiger partial charge < -0.3 is 29.9 Å². The van der Waals surface area contributed by atoms with E-state index in [-0.39, 0.29) is 0 Å². The molecule has 4 N–H and O–H groups in total. The molecule has 2 rings (SSSR count). The highest BCUT2D eigenvalue weighted by Crippen LogP contribution is 2.25. The smallest absolute Gasteiger partial charge is 0.229 e. The number of aliphatic hydroxyl groups excluding tert-OH is 4. The number of hydrogen-bond donors (Lipinski definition) is 4. The van der Waals surface area contributed by atoms with E-state index in [2.05, 4.69) is 0 Å². The van der Waals surface area contributed by atoms with Gasteiger partial charge in [0.05, 0.1) is 6.61 Å². The summed E-state index contributed by atoms with van der Waals surface area (Å²) in [5, 5.41) is 38.5. The van der Waals surface area contributed by atoms with Crippen LogP contribution < -0.4 is 4.74 Å². The van der Waals surface area contributed by atoms with Crippen molar-refractivity contribution < 1.29 is 29.9 Å². The standard InChI is InChI=1S/C12H15ClO6/c13-6-2-1-3-7(4-6)18-12-11(17)10(16)9(15)8(5-14)19-12/h1-4,8-12,14-17H,5H2/t8-,9+,10+,11+,12-/m0/s1. The second-order valence-electron chi connectivity index (χ2n) is 4.27. The van der Waals surface area contributed by atoms with Crippen LogP contribution in [0.15, 0.2) is 24.3 Å². The summed E-state index contributed by atoms with van der Waals surface area (Å²) in [4.78, 5) is 0. The quantitative estimate of drug-likeness (QED) is 0.600. The minimum Gasteiger partial charge on any atom is -0.462 e. The maximum absolute atomic E-state index is 9.78. The number of rotatable bonds is 3. The average molecular weight is 291 g/mol. The number of benzene rings is 1. The summed E-state index contributed by atoms with van der Waals surface area (Å²) in [5.74, 6) is 0.344. The zero-order valence-electron chi connectivity index (χ0n) is 9.89. The molecule has 1 aromatic rings. The van der Waals surface area contributed by atoms with Gasteiger partial charge in [-0.3, -0.25) is 0 Å². The first-order valence-corrected chi connectivity index (χ1v) is 6.13. The number of aliphatic hydroxyl groups is 4. The molecule has 0 spiro atoms. The molecule has 1 aliphatic heterocycles. The van der Waals surface area contributed by atoms with Gasteiger partial charge in [-0.15, -0.1) is 0 Å². The zero-order chi connectivity index (χ0) is 14.0. The average Bonchev–Trinajstić information content (AvgIpc) is 2.39. The summed E-state index contributed by atoms with van der Waals surface area (Å²) < 4.78 is 10.6. The van der Waals surface area contributed by atoms with Gasteiger partial charge in [0.1, 0.15) is 30.2 Å². The molecule has 0 aromatic heterocycles. The molecule has 0 bridgehead atoms. The van der Waals surface area contributed by atoms with E-state index in [1.54, 1.807) is 18.2 Å². The summed E-state index contributed by atoms with van der Waals surface area (Å²) >= 11 is 5.79. The van der Waals surface area contributed by atoms with Gasteiger partial charge in [0.25, 0.3) is 0 Å². The van der Waals surface area contributed by atoms with Crippen LogP contribution in [0.4, 0.5) is 0 Å². The van der Waals surface area contributed by atoms with Crippen LogP contribution in [-0.2, 0) is 4.74 Å². The van der Waals surface area contributed by atoms with E-state index in [1.807, 2.05) is 0 Å². The van der Waals surface area contributed by atoms with E-state index in [9.17, 15) is 15.3 Å². The fourth-order valence-corrected chi connectivity index (χ4v) is 2.02. The monoisotopic (exact) mass is 290 g/mol. The van der Waals surface area contributed by atoms with E-state index >= 15 is 0 Å². The fourth-order valence-electron chi connectivity index (χ4n) is 1.84. The maximum atomic E-state index is 9.78. The van der Waals surface area contributed by atoms with Crippen LogP contribution in [0.3, 0.4) is 0 Å². The number of ether oxygens (including phenoxy) is 2. The fraction of sp³-hybridized carbons (Fsp3) is 0.500. The Balaban J connectivity index is 2.10. The normalized spacial score (nSPS) is 35.1. The molecule has 1 aliphatic rings. The number of halogens is 1. The van der Waals surface area contributed by atoms with Crippen LogP contribution in [-0.4, -0.2) is 57.7 Å². The van der Waals surface area contributed by atoms with E-state index in [4.69, 9.17) is 26.2 Å². The predicted octanol–water partition coefficient (Wildman–Crippen LogP) is -0.481. The Morgan fingerprint density at radius 3 is 2.53 bits per heavy atom. The molecule has 1 fully saturated rings. The Kier molecular flexibility index (Phi) is 4.62. The van der Waals surface area contributed by atoms with Crippen molar-refractivity contribution in [3.8, 4) is 5.75 Å². The molecule has 1 saturated heterocycles. The minimum absolute atomic E-state index is 0.344. The zero-order valence-corrected chi connectivity index (χ0v) is 10.6. The molecule has 19 heavy (non-hydrogen) atoms. The topological polar surface area (TPSA) is 99.4 Å². The van der Waals surface area contributed by atoms with Gasteiger partial charge in [0, 0.05) is 5.02 Å². The highest BCUT2D eigenvalue weighted by Gasteiger charge is 2.44. The Morgan fingerprint density at radius 2 is 1.89 bits per heavy atom. The van der Waals surface area contributed by atoms with E-state index < -0.39 is 37.3 Å². The molecular weight excluding hydrogens is 276 g/mol. The lowest BCUT2D eigenvalue weighted by molar-refractivity contribution is -0.277. The van der Waals surface area contributed by atoms with Crippen molar-refractivity contribution in [3.63, 3.8) is 0 Å². The Bertz CT molecular complexity index is 426. The number of hydrogen-bond acceptors (Lipinski definition) is 6. The molecule has 0 amide bonds. The van der Waals surface area contributed by atoms with E-state index in [0.717, 1.165) is 0 Å². The molecule has 106 valence electrons. The van der Waals surface area contributed by atoms with E-state index in [1.165, 1.54) is 6.07 Å². The van der Waals surface area contributed by atoms with Crippen LogP contribution in [0.25, 0.3) is 0 Å². The van der Waals surface area contributed by atoms with Crippen LogP contribution >= 0.6 is 11.6 Å². The van der Waals surface area contributed by atoms with Gasteiger partial charge in [-0.25, -0.2) is 0 Å². The molecule has 7 heteroatoms. The van der Waals surface area contributed by atoms with Crippen molar-refractivity contribution in [3.05, 3.63) is 29.3 Å². The van der Waals surface area contributed by atoms with Crippen molar-refractivity contribution in [2.75, 3.05) is 6.61 Å². The second kappa shape index (κ2) is 6.04. The lowest BCUT2D eigenvalue weighted by atomic mass is 9.99. The molecule has 1 aromatic carbocycles. The lowest BCUT2D eigenvalue weighted by Gasteiger charge is -2.39. The summed E-state index contributed by atoms with van der Waals surface area (Å²) in [6.07, 6.45) is -6.50. The van der Waals surface area contributed by atoms with E-state index in [0.29, 0.717) is 10.8 Å². The molecular formula is C12H15ClO6. The van der Waals surface area contributed by atoms with Crippen molar-refractivity contribution in [2.45, 2.75) is 30.7 Å². The first-order valence-electron chi connectivity index (χ1n) is 5.75. The third-order valence-electron chi connectivity index (χ3n) is 2.90. The Hall–Kier alpha value is -0.890. The van der Waals surface area contributed by atoms with Crippen LogP contribution in [0, 0.1) is 0 Å². The van der Waals surface area contributed by atoms with Crippen molar-refractivity contribution in [2.24, 2.45) is 0 Å². The summed E-state index contributed by atoms with van der Waals surface area (Å²) in [6.45, 7) is -0.500. The highest BCUT2D eigenvalue weighted by atomic mass is 35.5. The molecule has 5 atom stereocenters. The third-order valence-corrected chi connectivity index (χ3v) is 3.13. The summed E-state index contributed by atoms with van der Waals surface area (Å²) in [7, 11) is 0. The summed E-state index contributed by atoms with van der Waals surface area (Å²) in [5.41, 5.74) is 0. The lowest BCUT2D eigenvalue weighted by Crippen LogP contribution is -2.60. The molecule has 6 nitrogen and oxygen atoms in total. The van der Waals surface area contributed by atoms with Gasteiger partial charge >= 0.3 is 0 Å². The second-order valence-corrected chi connectivity index (χ2v) is 4.71. The van der Waals surface area contributed by atoms with Crippen molar-refractivity contribution in [1.82, 2.24) is 0 Å². The van der Waals surface area contributed by atoms with Crippen LogP contribution in [0.5, 0.6) is 5.75 Å². The van der Waals surface area contributed by atoms with Gasteiger partial charge in [-0.2, -0.15) is 0 Å². The molecule has 0 radical (unpaired) electrons. The first-order chi connectivity index (χ1) is 9.02. The summed E-state index contributed by atoms with van der Waals surface area (Å²) in [6, 6.07) is 6.43. The van der Waals surface area contributed by atoms with Crippen molar-refractivity contribution in [1.29, 1.82) is 0 Å².